The molecule has 0 aliphatic heterocycles. The maximum absolute atomic E-state index is 11.9. The van der Waals surface area contributed by atoms with E-state index in [9.17, 15) is 8.42 Å². The lowest BCUT2D eigenvalue weighted by Gasteiger charge is -2.26. The van der Waals surface area contributed by atoms with E-state index in [1.165, 1.54) is 0 Å². The third kappa shape index (κ3) is 3.43. The number of sulfonamides is 1. The number of aliphatic hydroxyl groups excluding tert-OH is 1. The predicted octanol–water partition coefficient (Wildman–Crippen LogP) is 0.963. The van der Waals surface area contributed by atoms with Crippen molar-refractivity contribution in [3.05, 3.63) is 0 Å². The molecule has 0 bridgehead atoms. The molecule has 90 valence electrons. The van der Waals surface area contributed by atoms with Crippen molar-refractivity contribution in [1.29, 1.82) is 0 Å². The summed E-state index contributed by atoms with van der Waals surface area (Å²) in [5.74, 6) is 0.0772. The van der Waals surface area contributed by atoms with Gasteiger partial charge in [0.15, 0.2) is 0 Å². The van der Waals surface area contributed by atoms with Crippen molar-refractivity contribution in [2.45, 2.75) is 45.1 Å². The van der Waals surface area contributed by atoms with Crippen molar-refractivity contribution < 1.29 is 13.5 Å². The van der Waals surface area contributed by atoms with Crippen LogP contribution in [0.1, 0.15) is 39.0 Å². The molecule has 0 spiro atoms. The molecule has 1 saturated carbocycles. The average molecular weight is 235 g/mol. The summed E-state index contributed by atoms with van der Waals surface area (Å²) in [5, 5.41) is 8.67. The van der Waals surface area contributed by atoms with E-state index < -0.39 is 10.0 Å². The summed E-state index contributed by atoms with van der Waals surface area (Å²) in [6.45, 7) is 2.38. The van der Waals surface area contributed by atoms with Crippen LogP contribution >= 0.6 is 0 Å². The van der Waals surface area contributed by atoms with Crippen LogP contribution in [0.5, 0.6) is 0 Å². The highest BCUT2D eigenvalue weighted by molar-refractivity contribution is 7.89. The Morgan fingerprint density at radius 3 is 2.40 bits per heavy atom. The number of hydrogen-bond donors (Lipinski definition) is 1. The largest absolute Gasteiger partial charge is 0.396 e. The minimum absolute atomic E-state index is 0.0541. The van der Waals surface area contributed by atoms with Gasteiger partial charge in [0.25, 0.3) is 0 Å². The molecule has 4 nitrogen and oxygen atoms in total. The molecular formula is C10H21NO3S. The summed E-state index contributed by atoms with van der Waals surface area (Å²) in [6.07, 6.45) is 4.59. The van der Waals surface area contributed by atoms with E-state index in [0.717, 1.165) is 25.7 Å². The monoisotopic (exact) mass is 235 g/mol. The zero-order valence-electron chi connectivity index (χ0n) is 9.35. The maximum Gasteiger partial charge on any atom is 0.214 e. The third-order valence-corrected chi connectivity index (χ3v) is 5.04. The topological polar surface area (TPSA) is 57.6 Å². The minimum atomic E-state index is -3.14. The number of hydrogen-bond acceptors (Lipinski definition) is 3. The van der Waals surface area contributed by atoms with Gasteiger partial charge in [0.1, 0.15) is 0 Å². The standard InChI is InChI=1S/C10H21NO3S/c1-2-11(10-6-3-4-7-10)15(13,14)9-5-8-12/h10,12H,2-9H2,1H3. The van der Waals surface area contributed by atoms with Gasteiger partial charge in [0.05, 0.1) is 5.75 Å². The SMILES string of the molecule is CCN(C1CCCC1)S(=O)(=O)CCCO. The van der Waals surface area contributed by atoms with Crippen LogP contribution in [0.15, 0.2) is 0 Å². The van der Waals surface area contributed by atoms with Crippen LogP contribution in [0.4, 0.5) is 0 Å². The molecular weight excluding hydrogens is 214 g/mol. The van der Waals surface area contributed by atoms with Gasteiger partial charge in [0.2, 0.25) is 10.0 Å². The first-order valence-electron chi connectivity index (χ1n) is 5.72. The van der Waals surface area contributed by atoms with Crippen LogP contribution in [-0.4, -0.2) is 42.8 Å². The second kappa shape index (κ2) is 5.82. The first-order valence-corrected chi connectivity index (χ1v) is 7.33. The van der Waals surface area contributed by atoms with E-state index in [1.54, 1.807) is 4.31 Å². The van der Waals surface area contributed by atoms with Crippen LogP contribution in [0.3, 0.4) is 0 Å². The lowest BCUT2D eigenvalue weighted by Crippen LogP contribution is -2.40. The van der Waals surface area contributed by atoms with Gasteiger partial charge in [-0.1, -0.05) is 19.8 Å². The smallest absolute Gasteiger partial charge is 0.214 e. The van der Waals surface area contributed by atoms with Crippen molar-refractivity contribution in [2.75, 3.05) is 18.9 Å². The second-order valence-electron chi connectivity index (χ2n) is 4.03. The molecule has 0 unspecified atom stereocenters. The van der Waals surface area contributed by atoms with E-state index in [0.29, 0.717) is 13.0 Å². The van der Waals surface area contributed by atoms with E-state index in [2.05, 4.69) is 0 Å². The predicted molar refractivity (Wildman–Crippen MR) is 60.1 cm³/mol. The minimum Gasteiger partial charge on any atom is -0.396 e. The van der Waals surface area contributed by atoms with E-state index in [4.69, 9.17) is 5.11 Å². The van der Waals surface area contributed by atoms with Crippen molar-refractivity contribution >= 4 is 10.0 Å². The Hall–Kier alpha value is -0.130. The summed E-state index contributed by atoms with van der Waals surface area (Å²) >= 11 is 0. The lowest BCUT2D eigenvalue weighted by molar-refractivity contribution is 0.291. The van der Waals surface area contributed by atoms with Crippen molar-refractivity contribution in [3.8, 4) is 0 Å². The molecule has 15 heavy (non-hydrogen) atoms. The van der Waals surface area contributed by atoms with Gasteiger partial charge in [-0.05, 0) is 19.3 Å². The van der Waals surface area contributed by atoms with Gasteiger partial charge in [-0.25, -0.2) is 8.42 Å². The Balaban J connectivity index is 2.63. The van der Waals surface area contributed by atoms with Crippen LogP contribution in [0.25, 0.3) is 0 Å². The zero-order valence-corrected chi connectivity index (χ0v) is 10.2. The van der Waals surface area contributed by atoms with Crippen molar-refractivity contribution in [1.82, 2.24) is 4.31 Å². The lowest BCUT2D eigenvalue weighted by atomic mass is 10.2. The third-order valence-electron chi connectivity index (χ3n) is 2.96. The fraction of sp³-hybridized carbons (Fsp3) is 1.00. The zero-order chi connectivity index (χ0) is 11.3. The quantitative estimate of drug-likeness (QED) is 0.746. The van der Waals surface area contributed by atoms with Crippen LogP contribution in [0.2, 0.25) is 0 Å². The second-order valence-corrected chi connectivity index (χ2v) is 6.08. The summed E-state index contributed by atoms with van der Waals surface area (Å²) in [4.78, 5) is 0. The normalized spacial score (nSPS) is 18.9. The van der Waals surface area contributed by atoms with Gasteiger partial charge in [-0.2, -0.15) is 4.31 Å². The van der Waals surface area contributed by atoms with Gasteiger partial charge in [-0.15, -0.1) is 0 Å². The highest BCUT2D eigenvalue weighted by Gasteiger charge is 2.29. The Bertz CT molecular complexity index is 270. The van der Waals surface area contributed by atoms with Crippen LogP contribution in [-0.2, 0) is 10.0 Å². The molecule has 1 aliphatic rings. The Morgan fingerprint density at radius 2 is 1.93 bits per heavy atom. The van der Waals surface area contributed by atoms with Gasteiger partial charge >= 0.3 is 0 Å². The first kappa shape index (κ1) is 12.9. The molecule has 5 heteroatoms. The molecule has 1 aliphatic carbocycles. The molecule has 1 fully saturated rings. The summed E-state index contributed by atoms with van der Waals surface area (Å²) in [5.41, 5.74) is 0. The number of rotatable bonds is 6. The molecule has 1 rings (SSSR count). The molecule has 0 saturated heterocycles. The molecule has 0 amide bonds. The van der Waals surface area contributed by atoms with Crippen LogP contribution in [0, 0.1) is 0 Å². The summed E-state index contributed by atoms with van der Waals surface area (Å²) in [6, 6.07) is 0.207. The molecule has 0 aromatic rings. The highest BCUT2D eigenvalue weighted by Crippen LogP contribution is 2.25. The summed E-state index contributed by atoms with van der Waals surface area (Å²) in [7, 11) is -3.14. The summed E-state index contributed by atoms with van der Waals surface area (Å²) < 4.78 is 25.5. The van der Waals surface area contributed by atoms with Crippen molar-refractivity contribution in [2.24, 2.45) is 0 Å². The average Bonchev–Trinajstić information content (AvgIpc) is 2.69. The molecule has 0 radical (unpaired) electrons. The van der Waals surface area contributed by atoms with Crippen LogP contribution < -0.4 is 0 Å². The maximum atomic E-state index is 11.9. The van der Waals surface area contributed by atoms with Crippen molar-refractivity contribution in [3.63, 3.8) is 0 Å². The fourth-order valence-electron chi connectivity index (χ4n) is 2.24. The Kier molecular flexibility index (Phi) is 5.02. The van der Waals surface area contributed by atoms with E-state index in [-0.39, 0.29) is 18.4 Å². The van der Waals surface area contributed by atoms with Gasteiger partial charge in [-0.3, -0.25) is 0 Å². The Morgan fingerprint density at radius 1 is 1.33 bits per heavy atom. The molecule has 0 atom stereocenters. The van der Waals surface area contributed by atoms with E-state index in [1.807, 2.05) is 6.92 Å². The van der Waals surface area contributed by atoms with Gasteiger partial charge in [0, 0.05) is 19.2 Å². The van der Waals surface area contributed by atoms with E-state index >= 15 is 0 Å². The first-order chi connectivity index (χ1) is 7.11. The molecule has 0 aromatic heterocycles. The Labute approximate surface area is 92.3 Å². The fourth-order valence-corrected chi connectivity index (χ4v) is 4.03. The number of aliphatic hydroxyl groups is 1. The number of nitrogens with zero attached hydrogens (tertiary/aromatic N) is 1. The highest BCUT2D eigenvalue weighted by atomic mass is 32.2. The molecule has 1 N–H and O–H groups in total. The molecule has 0 aromatic carbocycles. The van der Waals surface area contributed by atoms with Gasteiger partial charge < -0.3 is 5.11 Å². The molecule has 0 heterocycles.